The van der Waals surface area contributed by atoms with Gasteiger partial charge < -0.3 is 29.9 Å². The molecule has 0 aliphatic rings. The van der Waals surface area contributed by atoms with E-state index in [9.17, 15) is 9.36 Å². The molecule has 0 aromatic heterocycles. The molecule has 0 saturated carbocycles. The number of hydrogen-bond acceptors (Lipinski definition) is 6. The Morgan fingerprint density at radius 2 is 1.86 bits per heavy atom. The van der Waals surface area contributed by atoms with E-state index in [1.54, 1.807) is 0 Å². The quantitative estimate of drug-likeness (QED) is 0.246. The second-order valence-corrected chi connectivity index (χ2v) is 3.63. The van der Waals surface area contributed by atoms with E-state index < -0.39 is 32.7 Å². The Kier molecular flexibility index (Phi) is 5.38. The number of hydrogen-bond donors (Lipinski definition) is 5. The number of rotatable bonds is 6. The zero-order chi connectivity index (χ0) is 11.4. The topological polar surface area (TPSA) is 145 Å². The van der Waals surface area contributed by atoms with Crippen LogP contribution in [0.3, 0.4) is 0 Å². The van der Waals surface area contributed by atoms with Crippen molar-refractivity contribution in [1.82, 2.24) is 0 Å². The van der Waals surface area contributed by atoms with Gasteiger partial charge in [-0.15, -0.1) is 0 Å². The summed E-state index contributed by atoms with van der Waals surface area (Å²) >= 11 is 0. The van der Waals surface area contributed by atoms with Crippen molar-refractivity contribution in [3.05, 3.63) is 0 Å². The van der Waals surface area contributed by atoms with Gasteiger partial charge in [0.25, 0.3) is 0 Å². The van der Waals surface area contributed by atoms with Gasteiger partial charge in [0.05, 0.1) is 6.61 Å². The normalized spacial score (nSPS) is 18.6. The molecule has 0 spiro atoms. The highest BCUT2D eigenvalue weighted by Crippen LogP contribution is 2.38. The fourth-order valence-electron chi connectivity index (χ4n) is 0.680. The molecule has 3 atom stereocenters. The lowest BCUT2D eigenvalue weighted by molar-refractivity contribution is -0.127. The van der Waals surface area contributed by atoms with Crippen molar-refractivity contribution in [1.29, 1.82) is 0 Å². The van der Waals surface area contributed by atoms with Crippen LogP contribution < -0.4 is 0 Å². The van der Waals surface area contributed by atoms with E-state index in [2.05, 4.69) is 4.52 Å². The smallest absolute Gasteiger partial charge is 0.394 e. The number of carbonyl (C=O) groups excluding carboxylic acids is 1. The molecular formula is C5H11O8P. The lowest BCUT2D eigenvalue weighted by Crippen LogP contribution is -2.41. The number of carbonyl (C=O) groups is 1. The molecule has 0 unspecified atom stereocenters. The minimum absolute atomic E-state index is 0.0453. The van der Waals surface area contributed by atoms with Gasteiger partial charge in [-0.25, -0.2) is 4.57 Å². The lowest BCUT2D eigenvalue weighted by atomic mass is 10.1. The molecule has 0 fully saturated rings. The third-order valence-corrected chi connectivity index (χ3v) is 1.87. The van der Waals surface area contributed by atoms with Crippen molar-refractivity contribution in [2.24, 2.45) is 0 Å². The largest absolute Gasteiger partial charge is 0.470 e. The van der Waals surface area contributed by atoms with Crippen molar-refractivity contribution in [2.45, 2.75) is 18.3 Å². The first kappa shape index (κ1) is 13.7. The van der Waals surface area contributed by atoms with Crippen LogP contribution in [0, 0.1) is 0 Å². The predicted molar refractivity (Wildman–Crippen MR) is 42.1 cm³/mol. The van der Waals surface area contributed by atoms with E-state index in [4.69, 9.17) is 25.1 Å². The Hall–Kier alpha value is -0.340. The van der Waals surface area contributed by atoms with Crippen LogP contribution in [0.5, 0.6) is 0 Å². The van der Waals surface area contributed by atoms with E-state index >= 15 is 0 Å². The summed E-state index contributed by atoms with van der Waals surface area (Å²) in [4.78, 5) is 26.6. The van der Waals surface area contributed by atoms with Gasteiger partial charge in [0, 0.05) is 0 Å². The number of aliphatic hydroxyl groups excluding tert-OH is 3. The van der Waals surface area contributed by atoms with Gasteiger partial charge in [-0.1, -0.05) is 0 Å². The summed E-state index contributed by atoms with van der Waals surface area (Å²) in [6.45, 7) is -0.947. The Bertz CT molecular complexity index is 224. The van der Waals surface area contributed by atoms with Gasteiger partial charge in [-0.05, 0) is 0 Å². The summed E-state index contributed by atoms with van der Waals surface area (Å²) in [5, 5.41) is 26.3. The standard InChI is InChI=1S/C5H11O8P/c6-1-3(8)5(9)4(2-7)13-14(10,11)12/h1,3-5,7-9H,2H2,(H2,10,11,12)/t3-,4+,5-/m0/s1. The summed E-state index contributed by atoms with van der Waals surface area (Å²) in [5.41, 5.74) is 0. The fraction of sp³-hybridized carbons (Fsp3) is 0.800. The Labute approximate surface area is 79.0 Å². The summed E-state index contributed by atoms with van der Waals surface area (Å²) in [6, 6.07) is 0. The van der Waals surface area contributed by atoms with Crippen molar-refractivity contribution < 1.29 is 39.0 Å². The molecule has 0 aliphatic heterocycles. The molecule has 0 amide bonds. The molecule has 9 heteroatoms. The van der Waals surface area contributed by atoms with E-state index in [1.165, 1.54) is 0 Å². The second kappa shape index (κ2) is 5.52. The molecule has 0 bridgehead atoms. The monoisotopic (exact) mass is 230 g/mol. The predicted octanol–water partition coefficient (Wildman–Crippen LogP) is -2.62. The molecule has 0 saturated heterocycles. The Balaban J connectivity index is 4.40. The van der Waals surface area contributed by atoms with Gasteiger partial charge in [0.15, 0.2) is 6.29 Å². The molecule has 14 heavy (non-hydrogen) atoms. The molecule has 84 valence electrons. The maximum Gasteiger partial charge on any atom is 0.470 e. The highest BCUT2D eigenvalue weighted by Gasteiger charge is 2.31. The molecule has 0 heterocycles. The number of phosphoric acid groups is 1. The first-order chi connectivity index (χ1) is 6.31. The Morgan fingerprint density at radius 1 is 1.36 bits per heavy atom. The van der Waals surface area contributed by atoms with E-state index in [0.29, 0.717) is 0 Å². The van der Waals surface area contributed by atoms with E-state index in [-0.39, 0.29) is 6.29 Å². The summed E-state index contributed by atoms with van der Waals surface area (Å²) in [7, 11) is -4.89. The van der Waals surface area contributed by atoms with Crippen LogP contribution in [0.1, 0.15) is 0 Å². The molecule has 5 N–H and O–H groups in total. The molecule has 0 aromatic carbocycles. The van der Waals surface area contributed by atoms with E-state index in [0.717, 1.165) is 0 Å². The molecule has 0 rings (SSSR count). The molecular weight excluding hydrogens is 219 g/mol. The van der Waals surface area contributed by atoms with Crippen LogP contribution in [0.25, 0.3) is 0 Å². The number of phosphoric ester groups is 1. The van der Waals surface area contributed by atoms with Crippen LogP contribution >= 0.6 is 7.82 Å². The van der Waals surface area contributed by atoms with Gasteiger partial charge in [0.2, 0.25) is 0 Å². The van der Waals surface area contributed by atoms with Gasteiger partial charge in [0.1, 0.15) is 18.3 Å². The maximum atomic E-state index is 10.3. The van der Waals surface area contributed by atoms with Crippen molar-refractivity contribution in [3.63, 3.8) is 0 Å². The molecule has 0 aromatic rings. The zero-order valence-corrected chi connectivity index (χ0v) is 7.82. The minimum Gasteiger partial charge on any atom is -0.394 e. The third-order valence-electron chi connectivity index (χ3n) is 1.32. The van der Waals surface area contributed by atoms with Crippen LogP contribution in [-0.2, 0) is 13.9 Å². The summed E-state index contributed by atoms with van der Waals surface area (Å²) in [5.74, 6) is 0. The fourth-order valence-corrected chi connectivity index (χ4v) is 1.22. The molecule has 8 nitrogen and oxygen atoms in total. The third kappa shape index (κ3) is 4.77. The van der Waals surface area contributed by atoms with Crippen LogP contribution in [-0.4, -0.2) is 56.3 Å². The molecule has 0 radical (unpaired) electrons. The average Bonchev–Trinajstić information content (AvgIpc) is 2.10. The van der Waals surface area contributed by atoms with Crippen molar-refractivity contribution >= 4 is 14.1 Å². The van der Waals surface area contributed by atoms with Crippen LogP contribution in [0.15, 0.2) is 0 Å². The first-order valence-electron chi connectivity index (χ1n) is 3.48. The van der Waals surface area contributed by atoms with Crippen LogP contribution in [0.2, 0.25) is 0 Å². The SMILES string of the molecule is O=C[C@H](O)[C@H](O)[C@@H](CO)OP(=O)(O)O. The van der Waals surface area contributed by atoms with Gasteiger partial charge in [-0.3, -0.25) is 4.52 Å². The van der Waals surface area contributed by atoms with Gasteiger partial charge in [-0.2, -0.15) is 0 Å². The number of aliphatic hydroxyl groups is 3. The first-order valence-corrected chi connectivity index (χ1v) is 5.01. The Morgan fingerprint density at radius 3 is 2.14 bits per heavy atom. The lowest BCUT2D eigenvalue weighted by Gasteiger charge is -2.22. The summed E-state index contributed by atoms with van der Waals surface area (Å²) in [6.07, 6.45) is -5.55. The van der Waals surface area contributed by atoms with E-state index in [1.807, 2.05) is 0 Å². The van der Waals surface area contributed by atoms with Crippen molar-refractivity contribution in [3.8, 4) is 0 Å². The van der Waals surface area contributed by atoms with Gasteiger partial charge >= 0.3 is 7.82 Å². The maximum absolute atomic E-state index is 10.3. The second-order valence-electron chi connectivity index (χ2n) is 2.43. The zero-order valence-electron chi connectivity index (χ0n) is 6.92. The summed E-state index contributed by atoms with van der Waals surface area (Å²) < 4.78 is 14.2. The molecule has 0 aliphatic carbocycles. The van der Waals surface area contributed by atoms with Crippen LogP contribution in [0.4, 0.5) is 0 Å². The number of aldehydes is 1. The highest BCUT2D eigenvalue weighted by atomic mass is 31.2. The van der Waals surface area contributed by atoms with Crippen molar-refractivity contribution in [2.75, 3.05) is 6.61 Å². The minimum atomic E-state index is -4.89. The highest BCUT2D eigenvalue weighted by molar-refractivity contribution is 7.46. The average molecular weight is 230 g/mol.